The first kappa shape index (κ1) is 19.3. The topological polar surface area (TPSA) is 71.1 Å². The van der Waals surface area contributed by atoms with Crippen LogP contribution in [0.5, 0.6) is 0 Å². The normalized spacial score (nSPS) is 10.8. The number of nitrogens with one attached hydrogen (secondary N) is 2. The molecule has 3 aromatic rings. The monoisotopic (exact) mass is 399 g/mol. The fourth-order valence-electron chi connectivity index (χ4n) is 2.50. The highest BCUT2D eigenvalue weighted by molar-refractivity contribution is 7.14. The van der Waals surface area contributed by atoms with Gasteiger partial charge in [-0.2, -0.15) is 11.3 Å². The van der Waals surface area contributed by atoms with Gasteiger partial charge in [-0.05, 0) is 41.6 Å². The summed E-state index contributed by atoms with van der Waals surface area (Å²) < 4.78 is 0. The molecule has 7 heteroatoms. The molecule has 0 unspecified atom stereocenters. The largest absolute Gasteiger partial charge is 0.326 e. The molecule has 2 aromatic heterocycles. The molecule has 0 saturated carbocycles. The lowest BCUT2D eigenvalue weighted by Gasteiger charge is -2.09. The Kier molecular flexibility index (Phi) is 6.36. The Hall–Kier alpha value is -2.51. The van der Waals surface area contributed by atoms with E-state index < -0.39 is 0 Å². The zero-order chi connectivity index (χ0) is 19.2. The first-order chi connectivity index (χ1) is 13.0. The van der Waals surface area contributed by atoms with E-state index >= 15 is 0 Å². The van der Waals surface area contributed by atoms with Gasteiger partial charge in [0.05, 0.1) is 12.1 Å². The number of nitrogens with zero attached hydrogens (tertiary/aromatic N) is 1. The van der Waals surface area contributed by atoms with Crippen molar-refractivity contribution in [2.75, 3.05) is 10.6 Å². The Morgan fingerprint density at radius 3 is 2.26 bits per heavy atom. The molecule has 140 valence electrons. The number of benzene rings is 1. The fraction of sp³-hybridized carbons (Fsp3) is 0.250. The van der Waals surface area contributed by atoms with E-state index in [2.05, 4.69) is 15.6 Å². The SMILES string of the molecule is CC(C)CC(=O)Nc1ccc(NC(=O)Cc2csc(-c3ccsc3)n2)cc1. The molecule has 1 aromatic carbocycles. The van der Waals surface area contributed by atoms with Crippen LogP contribution in [-0.4, -0.2) is 16.8 Å². The minimum Gasteiger partial charge on any atom is -0.326 e. The summed E-state index contributed by atoms with van der Waals surface area (Å²) in [4.78, 5) is 28.6. The quantitative estimate of drug-likeness (QED) is 0.585. The lowest BCUT2D eigenvalue weighted by molar-refractivity contribution is -0.117. The average Bonchev–Trinajstić information content (AvgIpc) is 3.27. The maximum absolute atomic E-state index is 12.2. The highest BCUT2D eigenvalue weighted by atomic mass is 32.1. The molecule has 0 atom stereocenters. The van der Waals surface area contributed by atoms with E-state index in [0.29, 0.717) is 18.0 Å². The van der Waals surface area contributed by atoms with Crippen molar-refractivity contribution in [2.24, 2.45) is 5.92 Å². The third-order valence-corrected chi connectivity index (χ3v) is 5.33. The highest BCUT2D eigenvalue weighted by Gasteiger charge is 2.10. The van der Waals surface area contributed by atoms with Gasteiger partial charge in [-0.1, -0.05) is 13.8 Å². The van der Waals surface area contributed by atoms with Crippen molar-refractivity contribution >= 4 is 45.9 Å². The lowest BCUT2D eigenvalue weighted by atomic mass is 10.1. The van der Waals surface area contributed by atoms with Crippen LogP contribution in [0.2, 0.25) is 0 Å². The van der Waals surface area contributed by atoms with Gasteiger partial charge in [0.2, 0.25) is 11.8 Å². The molecule has 5 nitrogen and oxygen atoms in total. The first-order valence-electron chi connectivity index (χ1n) is 8.66. The number of hydrogen-bond donors (Lipinski definition) is 2. The molecule has 0 saturated heterocycles. The molecule has 0 fully saturated rings. The molecule has 0 aliphatic carbocycles. The average molecular weight is 400 g/mol. The molecule has 0 aliphatic heterocycles. The van der Waals surface area contributed by atoms with Crippen molar-refractivity contribution in [3.05, 3.63) is 52.2 Å². The Balaban J connectivity index is 1.53. The van der Waals surface area contributed by atoms with Gasteiger partial charge in [-0.3, -0.25) is 9.59 Å². The highest BCUT2D eigenvalue weighted by Crippen LogP contribution is 2.26. The zero-order valence-corrected chi connectivity index (χ0v) is 16.8. The second-order valence-electron chi connectivity index (χ2n) is 6.60. The predicted molar refractivity (Wildman–Crippen MR) is 112 cm³/mol. The Labute approximate surface area is 166 Å². The van der Waals surface area contributed by atoms with Gasteiger partial charge >= 0.3 is 0 Å². The maximum atomic E-state index is 12.2. The van der Waals surface area contributed by atoms with E-state index in [9.17, 15) is 9.59 Å². The van der Waals surface area contributed by atoms with E-state index in [-0.39, 0.29) is 18.2 Å². The summed E-state index contributed by atoms with van der Waals surface area (Å²) in [5.41, 5.74) is 3.26. The van der Waals surface area contributed by atoms with E-state index in [1.54, 1.807) is 46.9 Å². The minimum atomic E-state index is -0.117. The smallest absolute Gasteiger partial charge is 0.230 e. The number of rotatable bonds is 7. The van der Waals surface area contributed by atoms with E-state index in [4.69, 9.17) is 0 Å². The standard InChI is InChI=1S/C20H21N3O2S2/c1-13(2)9-18(24)21-15-3-5-16(6-4-15)22-19(25)10-17-12-27-20(23-17)14-7-8-26-11-14/h3-8,11-13H,9-10H2,1-2H3,(H,21,24)(H,22,25). The van der Waals surface area contributed by atoms with Gasteiger partial charge < -0.3 is 10.6 Å². The summed E-state index contributed by atoms with van der Waals surface area (Å²) >= 11 is 3.17. The number of carbonyl (C=O) groups excluding carboxylic acids is 2. The van der Waals surface area contributed by atoms with E-state index in [1.165, 1.54) is 0 Å². The summed E-state index contributed by atoms with van der Waals surface area (Å²) in [6.45, 7) is 4.01. The van der Waals surface area contributed by atoms with Gasteiger partial charge in [0, 0.05) is 34.1 Å². The fourth-order valence-corrected chi connectivity index (χ4v) is 4.03. The first-order valence-corrected chi connectivity index (χ1v) is 10.5. The van der Waals surface area contributed by atoms with Gasteiger partial charge in [-0.25, -0.2) is 4.98 Å². The van der Waals surface area contributed by atoms with Gasteiger partial charge in [-0.15, -0.1) is 11.3 Å². The number of amides is 2. The molecule has 0 spiro atoms. The number of thiophene rings is 1. The molecule has 0 bridgehead atoms. The van der Waals surface area contributed by atoms with Crippen LogP contribution in [-0.2, 0) is 16.0 Å². The van der Waals surface area contributed by atoms with Gasteiger partial charge in [0.15, 0.2) is 0 Å². The van der Waals surface area contributed by atoms with E-state index in [0.717, 1.165) is 22.0 Å². The Bertz CT molecular complexity index is 900. The number of aromatic nitrogens is 1. The zero-order valence-electron chi connectivity index (χ0n) is 15.2. The number of thiazole rings is 1. The molecular weight excluding hydrogens is 378 g/mol. The molecule has 2 heterocycles. The molecule has 0 aliphatic rings. The molecule has 2 amide bonds. The Morgan fingerprint density at radius 1 is 1.00 bits per heavy atom. The predicted octanol–water partition coefficient (Wildman–Crippen LogP) is 5.04. The van der Waals surface area contributed by atoms with Crippen molar-refractivity contribution in [2.45, 2.75) is 26.7 Å². The number of carbonyl (C=O) groups is 2. The van der Waals surface area contributed by atoms with Crippen LogP contribution in [0.3, 0.4) is 0 Å². The van der Waals surface area contributed by atoms with Crippen LogP contribution in [0.1, 0.15) is 26.0 Å². The number of anilines is 2. The molecule has 2 N–H and O–H groups in total. The maximum Gasteiger partial charge on any atom is 0.230 e. The second-order valence-corrected chi connectivity index (χ2v) is 8.24. The van der Waals surface area contributed by atoms with Crippen molar-refractivity contribution in [1.82, 2.24) is 4.98 Å². The van der Waals surface area contributed by atoms with E-state index in [1.807, 2.05) is 36.1 Å². The number of hydrogen-bond acceptors (Lipinski definition) is 5. The lowest BCUT2D eigenvalue weighted by Crippen LogP contribution is -2.15. The molecule has 27 heavy (non-hydrogen) atoms. The summed E-state index contributed by atoms with van der Waals surface area (Å²) in [5.74, 6) is 0.190. The summed E-state index contributed by atoms with van der Waals surface area (Å²) in [6.07, 6.45) is 0.715. The van der Waals surface area contributed by atoms with Crippen LogP contribution >= 0.6 is 22.7 Å². The van der Waals surface area contributed by atoms with Crippen LogP contribution in [0.4, 0.5) is 11.4 Å². The van der Waals surface area contributed by atoms with Crippen molar-refractivity contribution in [3.63, 3.8) is 0 Å². The third-order valence-electron chi connectivity index (χ3n) is 3.71. The van der Waals surface area contributed by atoms with Crippen LogP contribution in [0.15, 0.2) is 46.5 Å². The third kappa shape index (κ3) is 5.74. The van der Waals surface area contributed by atoms with Gasteiger partial charge in [0.25, 0.3) is 0 Å². The van der Waals surface area contributed by atoms with Crippen LogP contribution in [0.25, 0.3) is 10.6 Å². The minimum absolute atomic E-state index is 0.00764. The summed E-state index contributed by atoms with van der Waals surface area (Å²) in [6, 6.07) is 9.15. The second kappa shape index (κ2) is 8.92. The Morgan fingerprint density at radius 2 is 1.67 bits per heavy atom. The molecule has 0 radical (unpaired) electrons. The molecule has 3 rings (SSSR count). The van der Waals surface area contributed by atoms with Crippen molar-refractivity contribution < 1.29 is 9.59 Å². The summed E-state index contributed by atoms with van der Waals surface area (Å²) in [5, 5.41) is 12.6. The van der Waals surface area contributed by atoms with Crippen LogP contribution in [0, 0.1) is 5.92 Å². The summed E-state index contributed by atoms with van der Waals surface area (Å²) in [7, 11) is 0. The van der Waals surface area contributed by atoms with Crippen LogP contribution < -0.4 is 10.6 Å². The molecular formula is C20H21N3O2S2. The van der Waals surface area contributed by atoms with Crippen molar-refractivity contribution in [1.29, 1.82) is 0 Å². The van der Waals surface area contributed by atoms with Crippen molar-refractivity contribution in [3.8, 4) is 10.6 Å². The van der Waals surface area contributed by atoms with Gasteiger partial charge in [0.1, 0.15) is 5.01 Å².